The van der Waals surface area contributed by atoms with Crippen molar-refractivity contribution >= 4 is 12.2 Å². The van der Waals surface area contributed by atoms with Gasteiger partial charge in [-0.3, -0.25) is 0 Å². The lowest BCUT2D eigenvalue weighted by Gasteiger charge is -2.11. The normalized spacial score (nSPS) is 10.9. The van der Waals surface area contributed by atoms with E-state index in [2.05, 4.69) is 5.16 Å². The third-order valence-corrected chi connectivity index (χ3v) is 2.29. The van der Waals surface area contributed by atoms with Crippen LogP contribution in [0.4, 0.5) is 0 Å². The third-order valence-electron chi connectivity index (χ3n) is 2.29. The predicted octanol–water partition coefficient (Wildman–Crippen LogP) is 2.00. The fraction of sp³-hybridized carbons (Fsp3) is 0.286. The number of para-hydroxylation sites is 1. The van der Waals surface area contributed by atoms with E-state index in [9.17, 15) is 4.79 Å². The molecule has 0 bridgehead atoms. The van der Waals surface area contributed by atoms with Crippen molar-refractivity contribution in [3.8, 4) is 11.5 Å². The van der Waals surface area contributed by atoms with Crippen LogP contribution in [0.15, 0.2) is 35.5 Å². The standard InChI is InChI=1S/C14H17NO5/c1-3-19-13(16)8-5-9-20-14-11(10-15-17)6-4-7-12(14)18-2/h4-8,10,17H,3,9H2,1-2H3/b8-5+,15-10-. The number of benzene rings is 1. The highest BCUT2D eigenvalue weighted by Gasteiger charge is 2.08. The van der Waals surface area contributed by atoms with Crippen molar-refractivity contribution < 1.29 is 24.2 Å². The molecule has 1 rings (SSSR count). The topological polar surface area (TPSA) is 77.4 Å². The van der Waals surface area contributed by atoms with Gasteiger partial charge in [0.05, 0.1) is 19.9 Å². The van der Waals surface area contributed by atoms with Crippen molar-refractivity contribution in [2.24, 2.45) is 5.16 Å². The van der Waals surface area contributed by atoms with Gasteiger partial charge in [0.15, 0.2) is 11.5 Å². The average molecular weight is 279 g/mol. The van der Waals surface area contributed by atoms with E-state index in [4.69, 9.17) is 19.4 Å². The first-order valence-electron chi connectivity index (χ1n) is 6.03. The summed E-state index contributed by atoms with van der Waals surface area (Å²) in [6.45, 7) is 2.22. The molecule has 0 radical (unpaired) electrons. The molecule has 0 aromatic heterocycles. The predicted molar refractivity (Wildman–Crippen MR) is 73.6 cm³/mol. The van der Waals surface area contributed by atoms with Crippen LogP contribution in [0.5, 0.6) is 11.5 Å². The minimum Gasteiger partial charge on any atom is -0.493 e. The Hall–Kier alpha value is -2.50. The summed E-state index contributed by atoms with van der Waals surface area (Å²) in [5, 5.41) is 11.6. The van der Waals surface area contributed by atoms with Crippen molar-refractivity contribution in [3.63, 3.8) is 0 Å². The molecule has 0 fully saturated rings. The van der Waals surface area contributed by atoms with Gasteiger partial charge >= 0.3 is 5.97 Å². The summed E-state index contributed by atoms with van der Waals surface area (Å²) < 4.78 is 15.4. The molecule has 0 saturated heterocycles. The maximum atomic E-state index is 11.1. The Morgan fingerprint density at radius 3 is 2.90 bits per heavy atom. The largest absolute Gasteiger partial charge is 0.493 e. The van der Waals surface area contributed by atoms with E-state index in [-0.39, 0.29) is 6.61 Å². The van der Waals surface area contributed by atoms with Crippen molar-refractivity contribution in [2.45, 2.75) is 6.92 Å². The number of rotatable bonds is 7. The maximum Gasteiger partial charge on any atom is 0.330 e. The monoisotopic (exact) mass is 279 g/mol. The van der Waals surface area contributed by atoms with E-state index in [1.807, 2.05) is 0 Å². The van der Waals surface area contributed by atoms with Crippen LogP contribution in [0.1, 0.15) is 12.5 Å². The van der Waals surface area contributed by atoms with Gasteiger partial charge in [-0.1, -0.05) is 11.2 Å². The molecule has 0 heterocycles. The van der Waals surface area contributed by atoms with Gasteiger partial charge in [0.1, 0.15) is 6.61 Å². The lowest BCUT2D eigenvalue weighted by atomic mass is 10.2. The SMILES string of the molecule is CCOC(=O)/C=C/COc1c(/C=N\O)cccc1OC. The highest BCUT2D eigenvalue weighted by Crippen LogP contribution is 2.29. The molecule has 108 valence electrons. The molecule has 6 heteroatoms. The summed E-state index contributed by atoms with van der Waals surface area (Å²) in [5.74, 6) is 0.515. The van der Waals surface area contributed by atoms with Gasteiger partial charge in [-0.15, -0.1) is 0 Å². The minimum atomic E-state index is -0.423. The summed E-state index contributed by atoms with van der Waals surface area (Å²) >= 11 is 0. The highest BCUT2D eigenvalue weighted by molar-refractivity contribution is 5.84. The Kier molecular flexibility index (Phi) is 6.67. The lowest BCUT2D eigenvalue weighted by molar-refractivity contribution is -0.137. The smallest absolute Gasteiger partial charge is 0.330 e. The molecule has 1 N–H and O–H groups in total. The molecular formula is C14H17NO5. The quantitative estimate of drug-likeness (QED) is 0.271. The zero-order chi connectivity index (χ0) is 14.8. The zero-order valence-electron chi connectivity index (χ0n) is 11.4. The van der Waals surface area contributed by atoms with Crippen molar-refractivity contribution in [1.82, 2.24) is 0 Å². The Labute approximate surface area is 117 Å². The molecule has 0 aliphatic rings. The molecule has 0 aliphatic carbocycles. The summed E-state index contributed by atoms with van der Waals surface area (Å²) in [6, 6.07) is 5.18. The molecule has 20 heavy (non-hydrogen) atoms. The van der Waals surface area contributed by atoms with Crippen LogP contribution in [0.25, 0.3) is 0 Å². The molecule has 0 spiro atoms. The summed E-state index contributed by atoms with van der Waals surface area (Å²) in [5.41, 5.74) is 0.566. The number of esters is 1. The van der Waals surface area contributed by atoms with Gasteiger partial charge in [0, 0.05) is 11.6 Å². The summed E-state index contributed by atoms with van der Waals surface area (Å²) in [7, 11) is 1.51. The first kappa shape index (κ1) is 15.6. The van der Waals surface area contributed by atoms with Gasteiger partial charge in [0.2, 0.25) is 0 Å². The van der Waals surface area contributed by atoms with E-state index >= 15 is 0 Å². The molecule has 0 unspecified atom stereocenters. The Bertz CT molecular complexity index is 496. The minimum absolute atomic E-state index is 0.158. The number of ether oxygens (including phenoxy) is 3. The number of hydrogen-bond donors (Lipinski definition) is 1. The number of hydrogen-bond acceptors (Lipinski definition) is 6. The van der Waals surface area contributed by atoms with Gasteiger partial charge < -0.3 is 19.4 Å². The van der Waals surface area contributed by atoms with Crippen LogP contribution in [0.3, 0.4) is 0 Å². The Balaban J connectivity index is 2.73. The van der Waals surface area contributed by atoms with Crippen molar-refractivity contribution in [3.05, 3.63) is 35.9 Å². The van der Waals surface area contributed by atoms with Gasteiger partial charge in [-0.2, -0.15) is 0 Å². The Morgan fingerprint density at radius 2 is 2.25 bits per heavy atom. The molecule has 0 amide bonds. The molecule has 6 nitrogen and oxygen atoms in total. The first-order chi connectivity index (χ1) is 9.72. The Morgan fingerprint density at radius 1 is 1.45 bits per heavy atom. The fourth-order valence-electron chi connectivity index (χ4n) is 1.48. The number of carbonyl (C=O) groups is 1. The lowest BCUT2D eigenvalue weighted by Crippen LogP contribution is -2.03. The van der Waals surface area contributed by atoms with E-state index in [0.29, 0.717) is 23.7 Å². The third kappa shape index (κ3) is 4.64. The van der Waals surface area contributed by atoms with Crippen molar-refractivity contribution in [2.75, 3.05) is 20.3 Å². The maximum absolute atomic E-state index is 11.1. The van der Waals surface area contributed by atoms with Crippen LogP contribution in [-0.2, 0) is 9.53 Å². The second kappa shape index (κ2) is 8.58. The highest BCUT2D eigenvalue weighted by atomic mass is 16.5. The number of oxime groups is 1. The van der Waals surface area contributed by atoms with E-state index in [1.54, 1.807) is 25.1 Å². The zero-order valence-corrected chi connectivity index (χ0v) is 11.4. The first-order valence-corrected chi connectivity index (χ1v) is 6.03. The second-order valence-corrected chi connectivity index (χ2v) is 3.59. The number of nitrogens with zero attached hydrogens (tertiary/aromatic N) is 1. The molecule has 0 atom stereocenters. The van der Waals surface area contributed by atoms with Crippen LogP contribution in [0, 0.1) is 0 Å². The van der Waals surface area contributed by atoms with Crippen LogP contribution in [-0.4, -0.2) is 37.7 Å². The molecule has 1 aromatic carbocycles. The number of methoxy groups -OCH3 is 1. The van der Waals surface area contributed by atoms with E-state index in [0.717, 1.165) is 0 Å². The second-order valence-electron chi connectivity index (χ2n) is 3.59. The number of carbonyl (C=O) groups excluding carboxylic acids is 1. The molecule has 1 aromatic rings. The van der Waals surface area contributed by atoms with Gasteiger partial charge in [-0.05, 0) is 25.1 Å². The van der Waals surface area contributed by atoms with E-state index < -0.39 is 5.97 Å². The van der Waals surface area contributed by atoms with Gasteiger partial charge in [-0.25, -0.2) is 4.79 Å². The van der Waals surface area contributed by atoms with E-state index in [1.165, 1.54) is 25.5 Å². The average Bonchev–Trinajstić information content (AvgIpc) is 2.45. The van der Waals surface area contributed by atoms with Crippen molar-refractivity contribution in [1.29, 1.82) is 0 Å². The fourth-order valence-corrected chi connectivity index (χ4v) is 1.48. The van der Waals surface area contributed by atoms with Crippen LogP contribution in [0.2, 0.25) is 0 Å². The molecule has 0 saturated carbocycles. The van der Waals surface area contributed by atoms with Crippen LogP contribution < -0.4 is 9.47 Å². The molecule has 0 aliphatic heterocycles. The van der Waals surface area contributed by atoms with Crippen LogP contribution >= 0.6 is 0 Å². The molecular weight excluding hydrogens is 262 g/mol. The summed E-state index contributed by atoms with van der Waals surface area (Å²) in [6.07, 6.45) is 4.07. The summed E-state index contributed by atoms with van der Waals surface area (Å²) in [4.78, 5) is 11.1. The van der Waals surface area contributed by atoms with Gasteiger partial charge in [0.25, 0.3) is 0 Å².